The standard InChI is InChI=1S/C37H48FN5O9/c1-5-49-32(44)14-9-15-33(45)52-37(3,4)17-16-25(34(40)46)20-31(50-22-51-36(48)23(2)39)29(19-24-10-8-11-26(38)18-24)43-35(47)30-21-41-27-12-6-7-13-28(27)42-30/h6-8,10-13,18,21,23,25,29,31H,5,9,14-17,19-20,22,39H2,1-4H3,(H2,40,46)(H,43,47). The number of halogens is 1. The molecular weight excluding hydrogens is 677 g/mol. The Labute approximate surface area is 302 Å². The molecule has 5 N–H and O–H groups in total. The van der Waals surface area contributed by atoms with E-state index in [1.807, 2.05) is 0 Å². The predicted molar refractivity (Wildman–Crippen MR) is 188 cm³/mol. The van der Waals surface area contributed by atoms with Crippen LogP contribution in [-0.4, -0.2) is 76.9 Å². The van der Waals surface area contributed by atoms with Gasteiger partial charge >= 0.3 is 17.9 Å². The number of carbonyl (C=O) groups is 5. The van der Waals surface area contributed by atoms with Crippen molar-refractivity contribution in [3.63, 3.8) is 0 Å². The first kappa shape index (κ1) is 41.4. The Morgan fingerprint density at radius 3 is 2.37 bits per heavy atom. The average molecular weight is 726 g/mol. The van der Waals surface area contributed by atoms with E-state index in [-0.39, 0.29) is 57.2 Å². The molecule has 0 aliphatic carbocycles. The third-order valence-corrected chi connectivity index (χ3v) is 8.12. The van der Waals surface area contributed by atoms with Crippen LogP contribution >= 0.6 is 0 Å². The number of hydrogen-bond acceptors (Lipinski definition) is 12. The third kappa shape index (κ3) is 13.9. The summed E-state index contributed by atoms with van der Waals surface area (Å²) in [5.41, 5.74) is 12.1. The van der Waals surface area contributed by atoms with Crippen molar-refractivity contribution in [1.82, 2.24) is 15.3 Å². The van der Waals surface area contributed by atoms with Gasteiger partial charge < -0.3 is 35.7 Å². The quantitative estimate of drug-likeness (QED) is 0.0816. The number of esters is 3. The van der Waals surface area contributed by atoms with E-state index in [0.717, 1.165) is 0 Å². The number of primary amides is 1. The smallest absolute Gasteiger partial charge is 0.324 e. The van der Waals surface area contributed by atoms with Crippen molar-refractivity contribution >= 4 is 40.8 Å². The van der Waals surface area contributed by atoms with Gasteiger partial charge in [0.2, 0.25) is 5.91 Å². The van der Waals surface area contributed by atoms with Gasteiger partial charge in [-0.15, -0.1) is 0 Å². The zero-order valence-corrected chi connectivity index (χ0v) is 30.0. The summed E-state index contributed by atoms with van der Waals surface area (Å²) in [5, 5.41) is 2.90. The molecule has 0 aliphatic rings. The number of fused-ring (bicyclic) bond motifs is 1. The van der Waals surface area contributed by atoms with E-state index in [1.54, 1.807) is 51.1 Å². The first-order valence-corrected chi connectivity index (χ1v) is 17.1. The largest absolute Gasteiger partial charge is 0.466 e. The maximum atomic E-state index is 14.3. The maximum absolute atomic E-state index is 14.3. The van der Waals surface area contributed by atoms with Gasteiger partial charge in [0.15, 0.2) is 6.79 Å². The Morgan fingerprint density at radius 2 is 1.69 bits per heavy atom. The summed E-state index contributed by atoms with van der Waals surface area (Å²) in [6, 6.07) is 10.9. The molecular formula is C37H48FN5O9. The minimum Gasteiger partial charge on any atom is -0.466 e. The fourth-order valence-electron chi connectivity index (χ4n) is 5.36. The maximum Gasteiger partial charge on any atom is 0.324 e. The second kappa shape index (κ2) is 20.1. The summed E-state index contributed by atoms with van der Waals surface area (Å²) in [6.45, 7) is 6.19. The summed E-state index contributed by atoms with van der Waals surface area (Å²) >= 11 is 0. The number of nitrogens with one attached hydrogen (secondary N) is 1. The fourth-order valence-corrected chi connectivity index (χ4v) is 5.36. The van der Waals surface area contributed by atoms with Crippen LogP contribution in [0, 0.1) is 11.7 Å². The third-order valence-electron chi connectivity index (χ3n) is 8.12. The molecule has 0 radical (unpaired) electrons. The molecule has 0 aliphatic heterocycles. The molecule has 3 aromatic rings. The molecule has 4 atom stereocenters. The highest BCUT2D eigenvalue weighted by atomic mass is 19.1. The molecule has 0 bridgehead atoms. The van der Waals surface area contributed by atoms with Gasteiger partial charge in [-0.3, -0.25) is 29.0 Å². The van der Waals surface area contributed by atoms with Crippen LogP contribution in [-0.2, 0) is 44.5 Å². The first-order chi connectivity index (χ1) is 24.7. The van der Waals surface area contributed by atoms with Crippen LogP contribution in [0.25, 0.3) is 11.0 Å². The van der Waals surface area contributed by atoms with E-state index in [1.165, 1.54) is 31.3 Å². The first-order valence-electron chi connectivity index (χ1n) is 17.1. The van der Waals surface area contributed by atoms with Crippen molar-refractivity contribution in [3.05, 3.63) is 71.8 Å². The highest BCUT2D eigenvalue weighted by Crippen LogP contribution is 2.26. The Morgan fingerprint density at radius 1 is 0.981 bits per heavy atom. The lowest BCUT2D eigenvalue weighted by molar-refractivity contribution is -0.165. The number of rotatable bonds is 21. The summed E-state index contributed by atoms with van der Waals surface area (Å²) < 4.78 is 36.0. The number of nitrogens with zero attached hydrogens (tertiary/aromatic N) is 2. The van der Waals surface area contributed by atoms with Crippen molar-refractivity contribution in [1.29, 1.82) is 0 Å². The van der Waals surface area contributed by atoms with E-state index in [9.17, 15) is 28.4 Å². The SMILES string of the molecule is CCOC(=O)CCCC(=O)OC(C)(C)CCC(CC(OCOC(=O)C(C)N)C(Cc1cccc(F)c1)NC(=O)c1cnc2ccccc2n1)C(N)=O. The van der Waals surface area contributed by atoms with Gasteiger partial charge in [0, 0.05) is 18.8 Å². The topological polar surface area (TPSA) is 212 Å². The van der Waals surface area contributed by atoms with Crippen molar-refractivity contribution in [2.75, 3.05) is 13.4 Å². The summed E-state index contributed by atoms with van der Waals surface area (Å²) in [6.07, 6.45) is 0.966. The summed E-state index contributed by atoms with van der Waals surface area (Å²) in [5.74, 6) is -4.34. The molecule has 0 saturated carbocycles. The molecule has 52 heavy (non-hydrogen) atoms. The van der Waals surface area contributed by atoms with Gasteiger partial charge in [-0.05, 0) is 89.6 Å². The highest BCUT2D eigenvalue weighted by Gasteiger charge is 2.33. The van der Waals surface area contributed by atoms with Gasteiger partial charge in [0.05, 0.1) is 36.0 Å². The molecule has 0 saturated heterocycles. The number of hydrogen-bond donors (Lipinski definition) is 3. The summed E-state index contributed by atoms with van der Waals surface area (Å²) in [7, 11) is 0. The number of carbonyl (C=O) groups excluding carboxylic acids is 5. The average Bonchev–Trinajstić information content (AvgIpc) is 3.08. The molecule has 15 heteroatoms. The van der Waals surface area contributed by atoms with Crippen molar-refractivity contribution in [2.45, 2.75) is 96.4 Å². The van der Waals surface area contributed by atoms with E-state index in [0.29, 0.717) is 16.6 Å². The van der Waals surface area contributed by atoms with Gasteiger partial charge in [0.25, 0.3) is 5.91 Å². The lowest BCUT2D eigenvalue weighted by atomic mass is 9.87. The molecule has 1 aromatic heterocycles. The fraction of sp³-hybridized carbons (Fsp3) is 0.486. The normalized spacial score (nSPS) is 13.7. The van der Waals surface area contributed by atoms with Crippen LogP contribution < -0.4 is 16.8 Å². The van der Waals surface area contributed by atoms with Gasteiger partial charge in [-0.2, -0.15) is 0 Å². The molecule has 1 heterocycles. The zero-order valence-electron chi connectivity index (χ0n) is 30.0. The van der Waals surface area contributed by atoms with E-state index in [2.05, 4.69) is 15.3 Å². The Balaban J connectivity index is 1.84. The minimum atomic E-state index is -1.02. The van der Waals surface area contributed by atoms with Crippen LogP contribution in [0.15, 0.2) is 54.7 Å². The molecule has 0 fully saturated rings. The Kier molecular flexibility index (Phi) is 16.0. The van der Waals surface area contributed by atoms with Crippen LogP contribution in [0.5, 0.6) is 0 Å². The lowest BCUT2D eigenvalue weighted by Crippen LogP contribution is -2.48. The number of aromatic nitrogens is 2. The molecule has 4 unspecified atom stereocenters. The van der Waals surface area contributed by atoms with Gasteiger partial charge in [-0.1, -0.05) is 24.3 Å². The van der Waals surface area contributed by atoms with Gasteiger partial charge in [-0.25, -0.2) is 9.37 Å². The van der Waals surface area contributed by atoms with E-state index < -0.39 is 72.0 Å². The van der Waals surface area contributed by atoms with E-state index >= 15 is 0 Å². The molecule has 3 rings (SSSR count). The van der Waals surface area contributed by atoms with Gasteiger partial charge in [0.1, 0.15) is 23.2 Å². The second-order valence-corrected chi connectivity index (χ2v) is 13.0. The van der Waals surface area contributed by atoms with Crippen LogP contribution in [0.4, 0.5) is 4.39 Å². The Bertz CT molecular complexity index is 1690. The predicted octanol–water partition coefficient (Wildman–Crippen LogP) is 3.67. The molecule has 2 amide bonds. The van der Waals surface area contributed by atoms with Crippen LogP contribution in [0.1, 0.15) is 82.3 Å². The summed E-state index contributed by atoms with van der Waals surface area (Å²) in [4.78, 5) is 71.5. The molecule has 2 aromatic carbocycles. The van der Waals surface area contributed by atoms with Crippen LogP contribution in [0.3, 0.4) is 0 Å². The monoisotopic (exact) mass is 725 g/mol. The number of amides is 2. The molecule has 0 spiro atoms. The lowest BCUT2D eigenvalue weighted by Gasteiger charge is -2.32. The minimum absolute atomic E-state index is 0.000582. The molecule has 282 valence electrons. The number of ether oxygens (including phenoxy) is 4. The second-order valence-electron chi connectivity index (χ2n) is 13.0. The number of nitrogens with two attached hydrogens (primary N) is 2. The van der Waals surface area contributed by atoms with Crippen molar-refractivity contribution in [2.24, 2.45) is 17.4 Å². The molecule has 14 nitrogen and oxygen atoms in total. The van der Waals surface area contributed by atoms with Crippen molar-refractivity contribution in [3.8, 4) is 0 Å². The van der Waals surface area contributed by atoms with Crippen LogP contribution in [0.2, 0.25) is 0 Å². The zero-order chi connectivity index (χ0) is 38.3. The Hall–Kier alpha value is -5.02. The number of benzene rings is 2. The highest BCUT2D eigenvalue weighted by molar-refractivity contribution is 5.94. The number of para-hydroxylation sites is 2. The van der Waals surface area contributed by atoms with E-state index in [4.69, 9.17) is 30.4 Å². The van der Waals surface area contributed by atoms with Crippen molar-refractivity contribution < 1.29 is 47.3 Å².